The minimum atomic E-state index is 0. The van der Waals surface area contributed by atoms with E-state index in [9.17, 15) is 0 Å². The molecular formula is C20H27IN4O4. The van der Waals surface area contributed by atoms with Crippen molar-refractivity contribution in [2.75, 3.05) is 27.4 Å². The second kappa shape index (κ2) is 11.7. The summed E-state index contributed by atoms with van der Waals surface area (Å²) in [6, 6.07) is 9.47. The zero-order chi connectivity index (χ0) is 19.8. The van der Waals surface area contributed by atoms with Crippen molar-refractivity contribution in [1.82, 2.24) is 10.3 Å². The minimum absolute atomic E-state index is 0. The van der Waals surface area contributed by atoms with Crippen LogP contribution in [-0.2, 0) is 17.8 Å². The molecule has 1 aromatic heterocycles. The standard InChI is InChI=1S/C20H26N4O4.HI/c1-25-17-4-3-14(9-18(17)26-2)11-23-20(21)24-12-15-5-7-22-19(10-15)28-16-6-8-27-13-16;/h3-5,7,9-10,16H,6,8,11-13H2,1-2H3,(H3,21,23,24);1H. The Bertz CT molecular complexity index is 813. The van der Waals surface area contributed by atoms with Gasteiger partial charge in [0, 0.05) is 25.2 Å². The number of benzene rings is 1. The molecule has 3 rings (SSSR count). The molecule has 1 fully saturated rings. The Labute approximate surface area is 187 Å². The zero-order valence-corrected chi connectivity index (χ0v) is 18.9. The van der Waals surface area contributed by atoms with Gasteiger partial charge in [-0.25, -0.2) is 9.98 Å². The molecule has 2 heterocycles. The van der Waals surface area contributed by atoms with Crippen LogP contribution >= 0.6 is 24.0 Å². The summed E-state index contributed by atoms with van der Waals surface area (Å²) in [7, 11) is 3.21. The summed E-state index contributed by atoms with van der Waals surface area (Å²) in [6.07, 6.45) is 2.68. The van der Waals surface area contributed by atoms with Crippen LogP contribution in [-0.4, -0.2) is 44.5 Å². The Morgan fingerprint density at radius 3 is 2.76 bits per heavy atom. The lowest BCUT2D eigenvalue weighted by Gasteiger charge is -2.12. The Kier molecular flexibility index (Phi) is 9.26. The second-order valence-corrected chi connectivity index (χ2v) is 6.35. The van der Waals surface area contributed by atoms with Gasteiger partial charge < -0.3 is 30.0 Å². The monoisotopic (exact) mass is 514 g/mol. The average Bonchev–Trinajstić information content (AvgIpc) is 3.23. The molecule has 0 radical (unpaired) electrons. The third-order valence-electron chi connectivity index (χ3n) is 4.33. The zero-order valence-electron chi connectivity index (χ0n) is 16.6. The highest BCUT2D eigenvalue weighted by Gasteiger charge is 2.17. The molecule has 29 heavy (non-hydrogen) atoms. The highest BCUT2D eigenvalue weighted by atomic mass is 127. The number of pyridine rings is 1. The Morgan fingerprint density at radius 2 is 2.03 bits per heavy atom. The van der Waals surface area contributed by atoms with Gasteiger partial charge in [-0.3, -0.25) is 0 Å². The molecule has 1 aliphatic rings. The molecule has 1 unspecified atom stereocenters. The van der Waals surface area contributed by atoms with Crippen LogP contribution < -0.4 is 25.3 Å². The van der Waals surface area contributed by atoms with Gasteiger partial charge in [0.2, 0.25) is 5.88 Å². The lowest BCUT2D eigenvalue weighted by Crippen LogP contribution is -2.31. The molecule has 1 aliphatic heterocycles. The van der Waals surface area contributed by atoms with E-state index in [-0.39, 0.29) is 30.1 Å². The Balaban J connectivity index is 0.00000300. The number of nitrogens with one attached hydrogen (secondary N) is 1. The first-order valence-electron chi connectivity index (χ1n) is 9.12. The lowest BCUT2D eigenvalue weighted by molar-refractivity contribution is 0.138. The number of guanidine groups is 1. The van der Waals surface area contributed by atoms with Gasteiger partial charge in [-0.2, -0.15) is 0 Å². The van der Waals surface area contributed by atoms with Crippen molar-refractivity contribution in [3.63, 3.8) is 0 Å². The van der Waals surface area contributed by atoms with Crippen molar-refractivity contribution in [3.05, 3.63) is 47.7 Å². The molecule has 2 aromatic rings. The van der Waals surface area contributed by atoms with E-state index in [0.29, 0.717) is 43.0 Å². The topological polar surface area (TPSA) is 100 Å². The number of aromatic nitrogens is 1. The fourth-order valence-corrected chi connectivity index (χ4v) is 2.81. The van der Waals surface area contributed by atoms with E-state index in [4.69, 9.17) is 24.7 Å². The maximum absolute atomic E-state index is 5.99. The van der Waals surface area contributed by atoms with E-state index in [1.54, 1.807) is 20.4 Å². The van der Waals surface area contributed by atoms with Crippen molar-refractivity contribution in [2.24, 2.45) is 10.7 Å². The highest BCUT2D eigenvalue weighted by molar-refractivity contribution is 14.0. The Hall–Kier alpha value is -2.27. The van der Waals surface area contributed by atoms with E-state index in [1.807, 2.05) is 30.3 Å². The smallest absolute Gasteiger partial charge is 0.213 e. The summed E-state index contributed by atoms with van der Waals surface area (Å²) < 4.78 is 21.7. The summed E-state index contributed by atoms with van der Waals surface area (Å²) >= 11 is 0. The number of hydrogen-bond acceptors (Lipinski definition) is 6. The number of ether oxygens (including phenoxy) is 4. The first-order valence-corrected chi connectivity index (χ1v) is 9.12. The molecular weight excluding hydrogens is 487 g/mol. The third-order valence-corrected chi connectivity index (χ3v) is 4.33. The lowest BCUT2D eigenvalue weighted by atomic mass is 10.2. The first kappa shape index (κ1) is 23.0. The number of hydrogen-bond donors (Lipinski definition) is 2. The molecule has 8 nitrogen and oxygen atoms in total. The SMILES string of the molecule is COc1ccc(CN=C(N)NCc2ccnc(OC3CCOC3)c2)cc1OC.I. The van der Waals surface area contributed by atoms with Gasteiger partial charge in [-0.15, -0.1) is 24.0 Å². The number of rotatable bonds is 8. The number of methoxy groups -OCH3 is 2. The van der Waals surface area contributed by atoms with Gasteiger partial charge in [0.25, 0.3) is 0 Å². The van der Waals surface area contributed by atoms with Crippen molar-refractivity contribution in [1.29, 1.82) is 0 Å². The molecule has 1 saturated heterocycles. The maximum Gasteiger partial charge on any atom is 0.213 e. The van der Waals surface area contributed by atoms with Crippen LogP contribution in [0.5, 0.6) is 17.4 Å². The number of nitrogens with two attached hydrogens (primary N) is 1. The predicted octanol–water partition coefficient (Wildman–Crippen LogP) is 2.49. The average molecular weight is 514 g/mol. The van der Waals surface area contributed by atoms with Gasteiger partial charge in [-0.1, -0.05) is 6.07 Å². The molecule has 0 saturated carbocycles. The normalized spacial score (nSPS) is 16.1. The summed E-state index contributed by atoms with van der Waals surface area (Å²) in [5.41, 5.74) is 7.97. The van der Waals surface area contributed by atoms with Crippen LogP contribution in [0.1, 0.15) is 17.5 Å². The number of aliphatic imine (C=N–C) groups is 1. The summed E-state index contributed by atoms with van der Waals surface area (Å²) in [6.45, 7) is 2.31. The molecule has 0 aliphatic carbocycles. The van der Waals surface area contributed by atoms with Crippen LogP contribution in [0.2, 0.25) is 0 Å². The van der Waals surface area contributed by atoms with Crippen LogP contribution in [0.25, 0.3) is 0 Å². The Morgan fingerprint density at radius 1 is 1.21 bits per heavy atom. The number of nitrogens with zero attached hydrogens (tertiary/aromatic N) is 2. The van der Waals surface area contributed by atoms with E-state index in [0.717, 1.165) is 24.2 Å². The van der Waals surface area contributed by atoms with E-state index in [2.05, 4.69) is 15.3 Å². The van der Waals surface area contributed by atoms with Crippen molar-refractivity contribution < 1.29 is 18.9 Å². The van der Waals surface area contributed by atoms with Crippen molar-refractivity contribution in [3.8, 4) is 17.4 Å². The van der Waals surface area contributed by atoms with E-state index in [1.165, 1.54) is 0 Å². The van der Waals surface area contributed by atoms with Crippen LogP contribution in [0.15, 0.2) is 41.5 Å². The molecule has 0 bridgehead atoms. The molecule has 158 valence electrons. The van der Waals surface area contributed by atoms with Crippen LogP contribution in [0, 0.1) is 0 Å². The quantitative estimate of drug-likeness (QED) is 0.317. The first-order chi connectivity index (χ1) is 13.7. The van der Waals surface area contributed by atoms with Crippen LogP contribution in [0.3, 0.4) is 0 Å². The molecule has 0 amide bonds. The highest BCUT2D eigenvalue weighted by Crippen LogP contribution is 2.27. The van der Waals surface area contributed by atoms with Crippen LogP contribution in [0.4, 0.5) is 0 Å². The van der Waals surface area contributed by atoms with Gasteiger partial charge >= 0.3 is 0 Å². The summed E-state index contributed by atoms with van der Waals surface area (Å²) in [5, 5.41) is 3.10. The van der Waals surface area contributed by atoms with E-state index < -0.39 is 0 Å². The molecule has 1 aromatic carbocycles. The van der Waals surface area contributed by atoms with Gasteiger partial charge in [0.05, 0.1) is 34.0 Å². The maximum atomic E-state index is 5.99. The third kappa shape index (κ3) is 6.93. The minimum Gasteiger partial charge on any atom is -0.493 e. The summed E-state index contributed by atoms with van der Waals surface area (Å²) in [5.74, 6) is 2.30. The van der Waals surface area contributed by atoms with Gasteiger partial charge in [-0.05, 0) is 29.3 Å². The van der Waals surface area contributed by atoms with Crippen molar-refractivity contribution >= 4 is 29.9 Å². The fraction of sp³-hybridized carbons (Fsp3) is 0.400. The van der Waals surface area contributed by atoms with E-state index >= 15 is 0 Å². The van der Waals surface area contributed by atoms with Gasteiger partial charge in [0.15, 0.2) is 17.5 Å². The second-order valence-electron chi connectivity index (χ2n) is 6.35. The van der Waals surface area contributed by atoms with Crippen molar-refractivity contribution in [2.45, 2.75) is 25.6 Å². The molecule has 0 spiro atoms. The largest absolute Gasteiger partial charge is 0.493 e. The molecule has 1 atom stereocenters. The number of halogens is 1. The fourth-order valence-electron chi connectivity index (χ4n) is 2.81. The summed E-state index contributed by atoms with van der Waals surface area (Å²) in [4.78, 5) is 8.62. The predicted molar refractivity (Wildman–Crippen MR) is 121 cm³/mol. The van der Waals surface area contributed by atoms with Gasteiger partial charge in [0.1, 0.15) is 6.10 Å². The molecule has 9 heteroatoms. The molecule has 3 N–H and O–H groups in total.